The first-order chi connectivity index (χ1) is 9.84. The maximum Gasteiger partial charge on any atom is 0.320 e. The average Bonchev–Trinajstić information content (AvgIpc) is 2.56. The van der Waals surface area contributed by atoms with Crippen LogP contribution < -0.4 is 4.90 Å². The number of anilines is 1. The Hall–Kier alpha value is -1.71. The fourth-order valence-corrected chi connectivity index (χ4v) is 2.93. The van der Waals surface area contributed by atoms with E-state index < -0.39 is 0 Å². The van der Waals surface area contributed by atoms with Crippen molar-refractivity contribution < 1.29 is 4.79 Å². The molecule has 0 unspecified atom stereocenters. The standard InChI is InChI=1S/C16H22N3O/c20-16(18-9-5-2-6-10-18)19-13-11-17(12-14-19)15-7-3-1-4-8-15/h1,3-5,7-8H,2,6,9-14H2. The molecule has 0 spiro atoms. The molecular weight excluding hydrogens is 250 g/mol. The highest BCUT2D eigenvalue weighted by Gasteiger charge is 2.26. The van der Waals surface area contributed by atoms with Gasteiger partial charge in [-0.15, -0.1) is 0 Å². The van der Waals surface area contributed by atoms with Crippen LogP contribution in [0.1, 0.15) is 12.8 Å². The highest BCUT2D eigenvalue weighted by Crippen LogP contribution is 2.17. The van der Waals surface area contributed by atoms with Gasteiger partial charge in [-0.2, -0.15) is 0 Å². The zero-order valence-electron chi connectivity index (χ0n) is 11.9. The maximum atomic E-state index is 12.4. The number of carbonyl (C=O) groups is 1. The molecular formula is C16H22N3O. The van der Waals surface area contributed by atoms with Gasteiger partial charge in [0.2, 0.25) is 0 Å². The van der Waals surface area contributed by atoms with Gasteiger partial charge in [0.15, 0.2) is 0 Å². The fourth-order valence-electron chi connectivity index (χ4n) is 2.93. The molecule has 0 saturated carbocycles. The van der Waals surface area contributed by atoms with E-state index in [0.717, 1.165) is 52.1 Å². The van der Waals surface area contributed by atoms with Crippen LogP contribution in [-0.2, 0) is 0 Å². The van der Waals surface area contributed by atoms with Crippen molar-refractivity contribution in [2.75, 3.05) is 44.2 Å². The van der Waals surface area contributed by atoms with Gasteiger partial charge in [-0.05, 0) is 31.4 Å². The predicted octanol–water partition coefficient (Wildman–Crippen LogP) is 2.23. The molecule has 2 aliphatic heterocycles. The van der Waals surface area contributed by atoms with Gasteiger partial charge in [-0.25, -0.2) is 4.79 Å². The lowest BCUT2D eigenvalue weighted by Gasteiger charge is -2.39. The number of benzene rings is 1. The second kappa shape index (κ2) is 6.16. The Balaban J connectivity index is 1.54. The number of hydrogen-bond donors (Lipinski definition) is 0. The topological polar surface area (TPSA) is 26.8 Å². The first-order valence-corrected chi connectivity index (χ1v) is 7.50. The summed E-state index contributed by atoms with van der Waals surface area (Å²) in [6.07, 6.45) is 4.46. The van der Waals surface area contributed by atoms with Crippen LogP contribution >= 0.6 is 0 Å². The number of rotatable bonds is 1. The van der Waals surface area contributed by atoms with Crippen molar-refractivity contribution in [2.45, 2.75) is 12.8 Å². The van der Waals surface area contributed by atoms with E-state index >= 15 is 0 Å². The van der Waals surface area contributed by atoms with E-state index in [-0.39, 0.29) is 6.03 Å². The third-order valence-electron chi connectivity index (χ3n) is 4.13. The lowest BCUT2D eigenvalue weighted by Crippen LogP contribution is -2.53. The normalized spacial score (nSPS) is 20.1. The smallest absolute Gasteiger partial charge is 0.320 e. The largest absolute Gasteiger partial charge is 0.368 e. The summed E-state index contributed by atoms with van der Waals surface area (Å²) in [5.41, 5.74) is 1.26. The molecule has 1 aromatic carbocycles. The maximum absolute atomic E-state index is 12.4. The third kappa shape index (κ3) is 2.89. The summed E-state index contributed by atoms with van der Waals surface area (Å²) in [6, 6.07) is 10.7. The van der Waals surface area contributed by atoms with Gasteiger partial charge in [-0.1, -0.05) is 18.2 Å². The third-order valence-corrected chi connectivity index (χ3v) is 4.13. The van der Waals surface area contributed by atoms with Crippen molar-refractivity contribution in [3.05, 3.63) is 36.8 Å². The molecule has 2 saturated heterocycles. The summed E-state index contributed by atoms with van der Waals surface area (Å²) in [4.78, 5) is 18.7. The van der Waals surface area contributed by atoms with E-state index in [2.05, 4.69) is 35.6 Å². The van der Waals surface area contributed by atoms with Crippen LogP contribution in [0.5, 0.6) is 0 Å². The summed E-state index contributed by atoms with van der Waals surface area (Å²) in [6.45, 7) is 5.22. The van der Waals surface area contributed by atoms with E-state index in [1.165, 1.54) is 5.69 Å². The second-order valence-corrected chi connectivity index (χ2v) is 5.47. The molecule has 20 heavy (non-hydrogen) atoms. The molecule has 2 aliphatic rings. The van der Waals surface area contributed by atoms with Crippen molar-refractivity contribution in [3.8, 4) is 0 Å². The number of urea groups is 1. The van der Waals surface area contributed by atoms with Crippen molar-refractivity contribution in [2.24, 2.45) is 0 Å². The summed E-state index contributed by atoms with van der Waals surface area (Å²) >= 11 is 0. The van der Waals surface area contributed by atoms with E-state index in [1.54, 1.807) is 0 Å². The molecule has 4 nitrogen and oxygen atoms in total. The van der Waals surface area contributed by atoms with Crippen molar-refractivity contribution >= 4 is 11.7 Å². The highest BCUT2D eigenvalue weighted by atomic mass is 16.2. The zero-order chi connectivity index (χ0) is 13.8. The van der Waals surface area contributed by atoms with Gasteiger partial charge in [0.05, 0.1) is 0 Å². The highest BCUT2D eigenvalue weighted by molar-refractivity contribution is 5.75. The van der Waals surface area contributed by atoms with E-state index in [0.29, 0.717) is 0 Å². The Labute approximate surface area is 121 Å². The predicted molar refractivity (Wildman–Crippen MR) is 80.7 cm³/mol. The number of amides is 2. The van der Waals surface area contributed by atoms with Crippen molar-refractivity contribution in [3.63, 3.8) is 0 Å². The molecule has 0 aliphatic carbocycles. The summed E-state index contributed by atoms with van der Waals surface area (Å²) in [5.74, 6) is 0. The Morgan fingerprint density at radius 1 is 0.900 bits per heavy atom. The molecule has 107 valence electrons. The molecule has 2 heterocycles. The van der Waals surface area contributed by atoms with Gasteiger partial charge >= 0.3 is 6.03 Å². The molecule has 3 rings (SSSR count). The molecule has 1 aromatic rings. The minimum absolute atomic E-state index is 0.216. The molecule has 4 heteroatoms. The Morgan fingerprint density at radius 3 is 2.30 bits per heavy atom. The lowest BCUT2D eigenvalue weighted by molar-refractivity contribution is 0.148. The average molecular weight is 272 g/mol. The minimum Gasteiger partial charge on any atom is -0.368 e. The monoisotopic (exact) mass is 272 g/mol. The number of nitrogens with zero attached hydrogens (tertiary/aromatic N) is 3. The fraction of sp³-hybridized carbons (Fsp3) is 0.500. The van der Waals surface area contributed by atoms with Crippen LogP contribution in [0.25, 0.3) is 0 Å². The first-order valence-electron chi connectivity index (χ1n) is 7.50. The van der Waals surface area contributed by atoms with Crippen LogP contribution in [0.4, 0.5) is 10.5 Å². The SMILES string of the molecule is O=C(N1C[CH]CCC1)N1CCN(c2ccccc2)CC1. The Morgan fingerprint density at radius 2 is 1.65 bits per heavy atom. The first kappa shape index (κ1) is 13.3. The number of carbonyl (C=O) groups excluding carboxylic acids is 1. The number of piperidine rings is 1. The van der Waals surface area contributed by atoms with Crippen molar-refractivity contribution in [1.82, 2.24) is 9.80 Å². The number of likely N-dealkylation sites (tertiary alicyclic amines) is 1. The van der Waals surface area contributed by atoms with Gasteiger partial charge in [0, 0.05) is 45.0 Å². The van der Waals surface area contributed by atoms with Gasteiger partial charge in [0.1, 0.15) is 0 Å². The van der Waals surface area contributed by atoms with E-state index in [4.69, 9.17) is 0 Å². The second-order valence-electron chi connectivity index (χ2n) is 5.47. The van der Waals surface area contributed by atoms with Gasteiger partial charge in [0.25, 0.3) is 0 Å². The van der Waals surface area contributed by atoms with Crippen LogP contribution in [0, 0.1) is 6.42 Å². The zero-order valence-corrected chi connectivity index (χ0v) is 11.9. The molecule has 2 amide bonds. The lowest BCUT2D eigenvalue weighted by atomic mass is 10.1. The Kier molecular flexibility index (Phi) is 4.09. The van der Waals surface area contributed by atoms with Crippen LogP contribution in [0.2, 0.25) is 0 Å². The summed E-state index contributed by atoms with van der Waals surface area (Å²) < 4.78 is 0. The number of piperazine rings is 1. The summed E-state index contributed by atoms with van der Waals surface area (Å²) in [7, 11) is 0. The van der Waals surface area contributed by atoms with Gasteiger partial charge in [-0.3, -0.25) is 0 Å². The molecule has 0 aromatic heterocycles. The minimum atomic E-state index is 0.216. The number of hydrogen-bond acceptors (Lipinski definition) is 2. The summed E-state index contributed by atoms with van der Waals surface area (Å²) in [5, 5.41) is 0. The number of para-hydroxylation sites is 1. The van der Waals surface area contributed by atoms with Crippen LogP contribution in [0.15, 0.2) is 30.3 Å². The molecule has 0 N–H and O–H groups in total. The molecule has 0 atom stereocenters. The Bertz CT molecular complexity index is 434. The quantitative estimate of drug-likeness (QED) is 0.784. The van der Waals surface area contributed by atoms with Gasteiger partial charge < -0.3 is 14.7 Å². The molecule has 1 radical (unpaired) electrons. The van der Waals surface area contributed by atoms with Crippen LogP contribution in [0.3, 0.4) is 0 Å². The van der Waals surface area contributed by atoms with Crippen molar-refractivity contribution in [1.29, 1.82) is 0 Å². The van der Waals surface area contributed by atoms with E-state index in [9.17, 15) is 4.79 Å². The molecule has 2 fully saturated rings. The molecule has 0 bridgehead atoms. The van der Waals surface area contributed by atoms with Crippen LogP contribution in [-0.4, -0.2) is 55.1 Å². The van der Waals surface area contributed by atoms with E-state index in [1.807, 2.05) is 15.9 Å².